The molecule has 104 valence electrons. The maximum Gasteiger partial charge on any atom is 0.227 e. The molecule has 0 radical (unpaired) electrons. The molecule has 1 aromatic carbocycles. The average molecular weight is 271 g/mol. The fourth-order valence-electron chi connectivity index (χ4n) is 2.94. The second-order valence-corrected chi connectivity index (χ2v) is 5.53. The van der Waals surface area contributed by atoms with Crippen molar-refractivity contribution in [3.05, 3.63) is 41.5 Å². The molecule has 0 bridgehead atoms. The first-order chi connectivity index (χ1) is 9.88. The van der Waals surface area contributed by atoms with Crippen molar-refractivity contribution in [3.8, 4) is 5.75 Å². The summed E-state index contributed by atoms with van der Waals surface area (Å²) in [4.78, 5) is 4.51. The van der Waals surface area contributed by atoms with Crippen LogP contribution in [-0.4, -0.2) is 23.2 Å². The molecule has 4 rings (SSSR count). The summed E-state index contributed by atoms with van der Waals surface area (Å²) in [7, 11) is 0. The Morgan fingerprint density at radius 3 is 3.10 bits per heavy atom. The van der Waals surface area contributed by atoms with Gasteiger partial charge in [-0.25, -0.2) is 0 Å². The predicted molar refractivity (Wildman–Crippen MR) is 72.5 cm³/mol. The summed E-state index contributed by atoms with van der Waals surface area (Å²) in [5.41, 5.74) is 1.21. The van der Waals surface area contributed by atoms with E-state index in [0.29, 0.717) is 11.7 Å². The summed E-state index contributed by atoms with van der Waals surface area (Å²) in [6.45, 7) is 2.13. The first kappa shape index (κ1) is 11.9. The molecule has 2 atom stereocenters. The fraction of sp³-hybridized carbons (Fsp3) is 0.467. The van der Waals surface area contributed by atoms with Gasteiger partial charge in [0.2, 0.25) is 11.7 Å². The number of hydrogen-bond acceptors (Lipinski definition) is 5. The number of ether oxygens (including phenoxy) is 1. The second-order valence-electron chi connectivity index (χ2n) is 5.53. The smallest absolute Gasteiger partial charge is 0.227 e. The zero-order chi connectivity index (χ0) is 13.4. The van der Waals surface area contributed by atoms with Crippen LogP contribution in [0.5, 0.6) is 5.75 Å². The Morgan fingerprint density at radius 2 is 2.25 bits per heavy atom. The summed E-state index contributed by atoms with van der Waals surface area (Å²) in [6.07, 6.45) is 2.76. The van der Waals surface area contributed by atoms with E-state index in [4.69, 9.17) is 9.26 Å². The maximum atomic E-state index is 5.88. The molecule has 0 aliphatic carbocycles. The number of hydrogen-bond donors (Lipinski definition) is 1. The zero-order valence-electron chi connectivity index (χ0n) is 11.2. The number of nitrogens with zero attached hydrogens (tertiary/aromatic N) is 2. The summed E-state index contributed by atoms with van der Waals surface area (Å²) in [5.74, 6) is 2.95. The number of benzene rings is 1. The molecule has 20 heavy (non-hydrogen) atoms. The van der Waals surface area contributed by atoms with Crippen molar-refractivity contribution < 1.29 is 9.26 Å². The minimum Gasteiger partial charge on any atom is -0.482 e. The van der Waals surface area contributed by atoms with Crippen molar-refractivity contribution in [2.45, 2.75) is 25.4 Å². The lowest BCUT2D eigenvalue weighted by Crippen LogP contribution is -2.11. The zero-order valence-corrected chi connectivity index (χ0v) is 11.2. The Balaban J connectivity index is 1.46. The van der Waals surface area contributed by atoms with Crippen molar-refractivity contribution in [3.63, 3.8) is 0 Å². The standard InChI is InChI=1S/C15H17N3O2/c1-2-4-12-11(3-1)8-13(19-12)15-17-14(20-18-15)7-10-5-6-16-9-10/h1-4,10,13,16H,5-9H2. The van der Waals surface area contributed by atoms with Gasteiger partial charge in [-0.2, -0.15) is 4.98 Å². The van der Waals surface area contributed by atoms with E-state index in [9.17, 15) is 0 Å². The highest BCUT2D eigenvalue weighted by atomic mass is 16.5. The Bertz CT molecular complexity index is 580. The largest absolute Gasteiger partial charge is 0.482 e. The lowest BCUT2D eigenvalue weighted by atomic mass is 10.1. The van der Waals surface area contributed by atoms with Crippen LogP contribution in [-0.2, 0) is 12.8 Å². The van der Waals surface area contributed by atoms with Gasteiger partial charge in [0.25, 0.3) is 0 Å². The molecule has 0 spiro atoms. The van der Waals surface area contributed by atoms with Crippen LogP contribution in [0, 0.1) is 5.92 Å². The molecule has 0 saturated carbocycles. The Kier molecular flexibility index (Phi) is 2.92. The Hall–Kier alpha value is -1.88. The lowest BCUT2D eigenvalue weighted by Gasteiger charge is -2.04. The van der Waals surface area contributed by atoms with Crippen LogP contribution in [0.1, 0.15) is 29.8 Å². The summed E-state index contributed by atoms with van der Waals surface area (Å²) in [5, 5.41) is 7.44. The van der Waals surface area contributed by atoms with Crippen LogP contribution in [0.25, 0.3) is 0 Å². The van der Waals surface area contributed by atoms with Crippen LogP contribution < -0.4 is 10.1 Å². The third kappa shape index (κ3) is 2.18. The number of nitrogens with one attached hydrogen (secondary N) is 1. The van der Waals surface area contributed by atoms with Gasteiger partial charge in [0.15, 0.2) is 6.10 Å². The van der Waals surface area contributed by atoms with E-state index in [-0.39, 0.29) is 6.10 Å². The minimum absolute atomic E-state index is 0.105. The minimum atomic E-state index is -0.105. The van der Waals surface area contributed by atoms with Gasteiger partial charge in [-0.05, 0) is 37.1 Å². The van der Waals surface area contributed by atoms with Crippen LogP contribution in [0.4, 0.5) is 0 Å². The molecule has 0 amide bonds. The molecule has 5 heteroatoms. The summed E-state index contributed by atoms with van der Waals surface area (Å²) < 4.78 is 11.2. The van der Waals surface area contributed by atoms with Crippen molar-refractivity contribution in [2.24, 2.45) is 5.92 Å². The number of para-hydroxylation sites is 1. The molecule has 2 unspecified atom stereocenters. The van der Waals surface area contributed by atoms with E-state index < -0.39 is 0 Å². The SMILES string of the molecule is c1ccc2c(c1)CC(c1noc(CC3CCNC3)n1)O2. The van der Waals surface area contributed by atoms with Crippen molar-refractivity contribution >= 4 is 0 Å². The monoisotopic (exact) mass is 271 g/mol. The first-order valence-electron chi connectivity index (χ1n) is 7.16. The summed E-state index contributed by atoms with van der Waals surface area (Å²) in [6, 6.07) is 8.08. The molecule has 3 heterocycles. The molecule has 5 nitrogen and oxygen atoms in total. The van der Waals surface area contributed by atoms with Gasteiger partial charge in [-0.1, -0.05) is 23.4 Å². The summed E-state index contributed by atoms with van der Waals surface area (Å²) >= 11 is 0. The van der Waals surface area contributed by atoms with E-state index in [1.54, 1.807) is 0 Å². The average Bonchev–Trinajstić information content (AvgIpc) is 3.18. The molecular formula is C15H17N3O2. The Morgan fingerprint density at radius 1 is 1.30 bits per heavy atom. The van der Waals surface area contributed by atoms with Gasteiger partial charge < -0.3 is 14.6 Å². The molecular weight excluding hydrogens is 254 g/mol. The highest BCUT2D eigenvalue weighted by Gasteiger charge is 2.28. The highest BCUT2D eigenvalue weighted by molar-refractivity contribution is 5.37. The maximum absolute atomic E-state index is 5.88. The quantitative estimate of drug-likeness (QED) is 0.924. The number of aromatic nitrogens is 2. The number of fused-ring (bicyclic) bond motifs is 1. The van der Waals surface area contributed by atoms with E-state index in [0.717, 1.165) is 37.6 Å². The second kappa shape index (κ2) is 4.90. The van der Waals surface area contributed by atoms with Gasteiger partial charge in [0.05, 0.1) is 0 Å². The van der Waals surface area contributed by atoms with Gasteiger partial charge in [0, 0.05) is 12.8 Å². The molecule has 2 aliphatic heterocycles. The van der Waals surface area contributed by atoms with E-state index >= 15 is 0 Å². The van der Waals surface area contributed by atoms with Crippen LogP contribution in [0.2, 0.25) is 0 Å². The molecule has 1 saturated heterocycles. The van der Waals surface area contributed by atoms with Gasteiger partial charge in [-0.3, -0.25) is 0 Å². The van der Waals surface area contributed by atoms with Crippen molar-refractivity contribution in [1.29, 1.82) is 0 Å². The highest BCUT2D eigenvalue weighted by Crippen LogP contribution is 2.35. The predicted octanol–water partition coefficient (Wildman–Crippen LogP) is 1.90. The van der Waals surface area contributed by atoms with Crippen LogP contribution in [0.3, 0.4) is 0 Å². The van der Waals surface area contributed by atoms with E-state index in [2.05, 4.69) is 21.5 Å². The van der Waals surface area contributed by atoms with Crippen molar-refractivity contribution in [1.82, 2.24) is 15.5 Å². The molecule has 2 aromatic rings. The third-order valence-corrected chi connectivity index (χ3v) is 4.04. The van der Waals surface area contributed by atoms with E-state index in [1.165, 1.54) is 12.0 Å². The fourth-order valence-corrected chi connectivity index (χ4v) is 2.94. The van der Waals surface area contributed by atoms with Gasteiger partial charge >= 0.3 is 0 Å². The number of rotatable bonds is 3. The van der Waals surface area contributed by atoms with E-state index in [1.807, 2.05) is 18.2 Å². The first-order valence-corrected chi connectivity index (χ1v) is 7.16. The van der Waals surface area contributed by atoms with Gasteiger partial charge in [-0.15, -0.1) is 0 Å². The third-order valence-electron chi connectivity index (χ3n) is 4.04. The molecule has 2 aliphatic rings. The van der Waals surface area contributed by atoms with Crippen LogP contribution in [0.15, 0.2) is 28.8 Å². The normalized spacial score (nSPS) is 24.6. The molecule has 1 aromatic heterocycles. The topological polar surface area (TPSA) is 60.2 Å². The van der Waals surface area contributed by atoms with Crippen molar-refractivity contribution in [2.75, 3.05) is 13.1 Å². The van der Waals surface area contributed by atoms with Crippen LogP contribution >= 0.6 is 0 Å². The Labute approximate surface area is 117 Å². The molecule has 1 fully saturated rings. The molecule has 1 N–H and O–H groups in total. The van der Waals surface area contributed by atoms with Gasteiger partial charge in [0.1, 0.15) is 5.75 Å². The lowest BCUT2D eigenvalue weighted by molar-refractivity contribution is 0.221.